The van der Waals surface area contributed by atoms with Gasteiger partial charge < -0.3 is 14.8 Å². The van der Waals surface area contributed by atoms with Crippen molar-refractivity contribution in [2.24, 2.45) is 0 Å². The first-order valence-electron chi connectivity index (χ1n) is 7.86. The van der Waals surface area contributed by atoms with E-state index in [0.29, 0.717) is 0 Å². The molecule has 0 saturated heterocycles. The van der Waals surface area contributed by atoms with Gasteiger partial charge >= 0.3 is 12.3 Å². The molecule has 156 valence electrons. The fourth-order valence-electron chi connectivity index (χ4n) is 2.06. The van der Waals surface area contributed by atoms with E-state index in [1.807, 2.05) is 0 Å². The van der Waals surface area contributed by atoms with Crippen molar-refractivity contribution in [2.75, 3.05) is 19.0 Å². The number of carbonyl (C=O) groups excluding carboxylic acids is 2. The Labute approximate surface area is 163 Å². The molecular formula is C17H15F3N2O6S. The SMILES string of the molecule is CNS(=O)(=O)c1cccc(C(=O)OCC(=O)Nc2ccc(OC(F)(F)F)cc2)c1. The highest BCUT2D eigenvalue weighted by Crippen LogP contribution is 2.23. The lowest BCUT2D eigenvalue weighted by Crippen LogP contribution is -2.22. The Bertz CT molecular complexity index is 991. The Morgan fingerprint density at radius 3 is 2.31 bits per heavy atom. The minimum atomic E-state index is -4.83. The Morgan fingerprint density at radius 2 is 1.72 bits per heavy atom. The second-order valence-electron chi connectivity index (χ2n) is 5.43. The highest BCUT2D eigenvalue weighted by molar-refractivity contribution is 7.89. The van der Waals surface area contributed by atoms with Crippen LogP contribution >= 0.6 is 0 Å². The molecule has 0 aliphatic carbocycles. The van der Waals surface area contributed by atoms with E-state index in [1.54, 1.807) is 0 Å². The van der Waals surface area contributed by atoms with Gasteiger partial charge in [0.25, 0.3) is 5.91 Å². The summed E-state index contributed by atoms with van der Waals surface area (Å²) >= 11 is 0. The molecule has 2 aromatic rings. The lowest BCUT2D eigenvalue weighted by atomic mass is 10.2. The number of hydrogen-bond donors (Lipinski definition) is 2. The van der Waals surface area contributed by atoms with Crippen molar-refractivity contribution in [3.05, 3.63) is 54.1 Å². The first-order valence-corrected chi connectivity index (χ1v) is 9.35. The number of ether oxygens (including phenoxy) is 2. The fraction of sp³-hybridized carbons (Fsp3) is 0.176. The van der Waals surface area contributed by atoms with Crippen molar-refractivity contribution in [1.29, 1.82) is 0 Å². The lowest BCUT2D eigenvalue weighted by molar-refractivity contribution is -0.274. The predicted octanol–water partition coefficient (Wildman–Crippen LogP) is 2.29. The highest BCUT2D eigenvalue weighted by Gasteiger charge is 2.31. The van der Waals surface area contributed by atoms with Crippen LogP contribution in [0.4, 0.5) is 18.9 Å². The third-order valence-corrected chi connectivity index (χ3v) is 4.77. The zero-order valence-electron chi connectivity index (χ0n) is 14.8. The Kier molecular flexibility index (Phi) is 6.82. The minimum Gasteiger partial charge on any atom is -0.452 e. The molecule has 0 aromatic heterocycles. The van der Waals surface area contributed by atoms with Crippen molar-refractivity contribution in [3.63, 3.8) is 0 Å². The molecule has 0 aliphatic heterocycles. The van der Waals surface area contributed by atoms with Crippen LogP contribution in [0.1, 0.15) is 10.4 Å². The minimum absolute atomic E-state index is 0.0808. The average Bonchev–Trinajstić information content (AvgIpc) is 2.66. The van der Waals surface area contributed by atoms with E-state index < -0.39 is 40.6 Å². The zero-order chi connectivity index (χ0) is 21.7. The number of amides is 1. The Balaban J connectivity index is 1.92. The van der Waals surface area contributed by atoms with Gasteiger partial charge in [-0.25, -0.2) is 17.9 Å². The Morgan fingerprint density at radius 1 is 1.07 bits per heavy atom. The van der Waals surface area contributed by atoms with E-state index >= 15 is 0 Å². The van der Waals surface area contributed by atoms with Crippen LogP contribution in [-0.4, -0.2) is 40.3 Å². The molecule has 0 aliphatic rings. The van der Waals surface area contributed by atoms with Crippen molar-refractivity contribution in [3.8, 4) is 5.75 Å². The van der Waals surface area contributed by atoms with E-state index in [1.165, 1.54) is 37.4 Å². The van der Waals surface area contributed by atoms with Gasteiger partial charge in [-0.3, -0.25) is 4.79 Å². The quantitative estimate of drug-likeness (QED) is 0.650. The number of nitrogens with one attached hydrogen (secondary N) is 2. The van der Waals surface area contributed by atoms with Gasteiger partial charge in [-0.15, -0.1) is 13.2 Å². The molecule has 0 unspecified atom stereocenters. The van der Waals surface area contributed by atoms with Crippen LogP contribution in [0.15, 0.2) is 53.4 Å². The van der Waals surface area contributed by atoms with Gasteiger partial charge in [0.05, 0.1) is 10.5 Å². The van der Waals surface area contributed by atoms with Gasteiger partial charge in [0, 0.05) is 5.69 Å². The van der Waals surface area contributed by atoms with E-state index in [2.05, 4.69) is 14.8 Å². The van der Waals surface area contributed by atoms with Gasteiger partial charge in [0.15, 0.2) is 6.61 Å². The largest absolute Gasteiger partial charge is 0.573 e. The lowest BCUT2D eigenvalue weighted by Gasteiger charge is -2.10. The van der Waals surface area contributed by atoms with Crippen LogP contribution < -0.4 is 14.8 Å². The van der Waals surface area contributed by atoms with Crippen molar-refractivity contribution >= 4 is 27.6 Å². The molecule has 12 heteroatoms. The number of rotatable bonds is 7. The number of benzene rings is 2. The molecule has 29 heavy (non-hydrogen) atoms. The van der Waals surface area contributed by atoms with Crippen LogP contribution in [0.25, 0.3) is 0 Å². The van der Waals surface area contributed by atoms with E-state index in [4.69, 9.17) is 4.74 Å². The molecular weight excluding hydrogens is 417 g/mol. The maximum Gasteiger partial charge on any atom is 0.573 e. The molecule has 2 rings (SSSR count). The number of carbonyl (C=O) groups is 2. The topological polar surface area (TPSA) is 111 Å². The molecule has 0 heterocycles. The molecule has 0 atom stereocenters. The number of sulfonamides is 1. The zero-order valence-corrected chi connectivity index (χ0v) is 15.6. The second-order valence-corrected chi connectivity index (χ2v) is 7.32. The molecule has 0 fully saturated rings. The van der Waals surface area contributed by atoms with Crippen LogP contribution in [0.3, 0.4) is 0 Å². The van der Waals surface area contributed by atoms with E-state index in [9.17, 15) is 31.2 Å². The summed E-state index contributed by atoms with van der Waals surface area (Å²) in [7, 11) is -2.54. The Hall–Kier alpha value is -3.12. The number of alkyl halides is 3. The van der Waals surface area contributed by atoms with Crippen molar-refractivity contribution in [1.82, 2.24) is 4.72 Å². The monoisotopic (exact) mass is 432 g/mol. The predicted molar refractivity (Wildman–Crippen MR) is 94.7 cm³/mol. The van der Waals surface area contributed by atoms with Gasteiger partial charge in [-0.05, 0) is 49.5 Å². The molecule has 0 saturated carbocycles. The van der Waals surface area contributed by atoms with Gasteiger partial charge in [-0.1, -0.05) is 6.07 Å². The summed E-state index contributed by atoms with van der Waals surface area (Å²) in [5.74, 6) is -2.14. The summed E-state index contributed by atoms with van der Waals surface area (Å²) in [5, 5.41) is 2.32. The first kappa shape index (κ1) is 22.2. The maximum atomic E-state index is 12.1. The van der Waals surface area contributed by atoms with Crippen LogP contribution in [-0.2, 0) is 19.6 Å². The average molecular weight is 432 g/mol. The van der Waals surface area contributed by atoms with Gasteiger partial charge in [-0.2, -0.15) is 0 Å². The summed E-state index contributed by atoms with van der Waals surface area (Å²) in [6, 6.07) is 9.37. The van der Waals surface area contributed by atoms with E-state index in [0.717, 1.165) is 18.2 Å². The summed E-state index contributed by atoms with van der Waals surface area (Å²) in [6.07, 6.45) is -4.83. The third kappa shape index (κ3) is 6.76. The number of halogens is 3. The van der Waals surface area contributed by atoms with Gasteiger partial charge in [0.1, 0.15) is 5.75 Å². The smallest absolute Gasteiger partial charge is 0.452 e. The summed E-state index contributed by atoms with van der Waals surface area (Å²) in [4.78, 5) is 23.7. The van der Waals surface area contributed by atoms with Crippen molar-refractivity contribution in [2.45, 2.75) is 11.3 Å². The summed E-state index contributed by atoms with van der Waals surface area (Å²) < 4.78 is 70.4. The molecule has 2 aromatic carbocycles. The molecule has 8 nitrogen and oxygen atoms in total. The third-order valence-electron chi connectivity index (χ3n) is 3.35. The maximum absolute atomic E-state index is 12.1. The fourth-order valence-corrected chi connectivity index (χ4v) is 2.84. The summed E-state index contributed by atoms with van der Waals surface area (Å²) in [6.45, 7) is -0.692. The summed E-state index contributed by atoms with van der Waals surface area (Å²) in [5.41, 5.74) is 0.0745. The number of anilines is 1. The number of hydrogen-bond acceptors (Lipinski definition) is 6. The standard InChI is InChI=1S/C17H15F3N2O6S/c1-21-29(25,26)14-4-2-3-11(9-14)16(24)27-10-15(23)22-12-5-7-13(8-6-12)28-17(18,19)20/h2-9,21H,10H2,1H3,(H,22,23). The van der Waals surface area contributed by atoms with Crippen LogP contribution in [0.2, 0.25) is 0 Å². The van der Waals surface area contributed by atoms with Crippen LogP contribution in [0.5, 0.6) is 5.75 Å². The number of esters is 1. The highest BCUT2D eigenvalue weighted by atomic mass is 32.2. The second kappa shape index (κ2) is 8.92. The molecule has 2 N–H and O–H groups in total. The van der Waals surface area contributed by atoms with Crippen molar-refractivity contribution < 1.29 is 40.7 Å². The molecule has 0 radical (unpaired) electrons. The normalized spacial score (nSPS) is 11.6. The van der Waals surface area contributed by atoms with Crippen LogP contribution in [0, 0.1) is 0 Å². The molecule has 0 bridgehead atoms. The molecule has 0 spiro atoms. The van der Waals surface area contributed by atoms with Gasteiger partial charge in [0.2, 0.25) is 10.0 Å². The molecule has 1 amide bonds. The van der Waals surface area contributed by atoms with E-state index in [-0.39, 0.29) is 16.1 Å². The first-order chi connectivity index (χ1) is 13.5.